The highest BCUT2D eigenvalue weighted by Gasteiger charge is 2.22. The van der Waals surface area contributed by atoms with Gasteiger partial charge in [-0.2, -0.15) is 0 Å². The van der Waals surface area contributed by atoms with Crippen LogP contribution in [0.5, 0.6) is 0 Å². The maximum atomic E-state index is 3.76. The number of allylic oxidation sites excluding steroid dienone is 7. The standard InChI is InChI=1S/C44H30N2/c1-3-15-31(16-4-1)35-17-7-8-18-36(35)32-29-33(45-41-23-6-2-5-19-37(41)38-20-9-12-24-42(38)45)27-28-34(30-32)46-43-25-13-10-21-39(43)40-22-11-14-26-44(40)46/h1-18,20-26,29-30,34H,19H2. The van der Waals surface area contributed by atoms with Crippen LogP contribution in [0.3, 0.4) is 0 Å². The Morgan fingerprint density at radius 2 is 1.22 bits per heavy atom. The van der Waals surface area contributed by atoms with Crippen LogP contribution in [0.1, 0.15) is 22.9 Å². The van der Waals surface area contributed by atoms with Gasteiger partial charge < -0.3 is 9.13 Å². The molecule has 0 spiro atoms. The Balaban J connectivity index is 1.34. The number of nitrogens with zero attached hydrogens (tertiary/aromatic N) is 2. The molecule has 1 atom stereocenters. The van der Waals surface area contributed by atoms with Crippen LogP contribution in [0.2, 0.25) is 0 Å². The molecule has 0 saturated carbocycles. The first-order valence-corrected chi connectivity index (χ1v) is 15.9. The SMILES string of the molecule is C1#CC(n2c3ccccc3c3ccccc32)C=C(c2ccccc2-c2ccccc2)C=C1n1c2c(c3ccccc31)CC=CC=C2. The van der Waals surface area contributed by atoms with E-state index in [-0.39, 0.29) is 6.04 Å². The molecule has 0 amide bonds. The molecule has 46 heavy (non-hydrogen) atoms. The summed E-state index contributed by atoms with van der Waals surface area (Å²) in [6.07, 6.45) is 14.3. The van der Waals surface area contributed by atoms with E-state index in [9.17, 15) is 0 Å². The number of aromatic nitrogens is 2. The summed E-state index contributed by atoms with van der Waals surface area (Å²) in [6.45, 7) is 0. The van der Waals surface area contributed by atoms with E-state index in [1.54, 1.807) is 0 Å². The van der Waals surface area contributed by atoms with Crippen molar-refractivity contribution >= 4 is 50.1 Å². The summed E-state index contributed by atoms with van der Waals surface area (Å²) in [6, 6.07) is 45.4. The van der Waals surface area contributed by atoms with E-state index >= 15 is 0 Å². The van der Waals surface area contributed by atoms with Crippen LogP contribution < -0.4 is 0 Å². The minimum absolute atomic E-state index is 0.185. The van der Waals surface area contributed by atoms with Crippen molar-refractivity contribution in [3.8, 4) is 23.0 Å². The Morgan fingerprint density at radius 3 is 1.98 bits per heavy atom. The molecule has 0 aliphatic heterocycles. The summed E-state index contributed by atoms with van der Waals surface area (Å²) in [5.74, 6) is 7.48. The zero-order chi connectivity index (χ0) is 30.5. The van der Waals surface area contributed by atoms with Crippen LogP contribution >= 0.6 is 0 Å². The van der Waals surface area contributed by atoms with Gasteiger partial charge in [0, 0.05) is 16.2 Å². The largest absolute Gasteiger partial charge is 0.322 e. The molecule has 2 heterocycles. The first-order chi connectivity index (χ1) is 22.8. The monoisotopic (exact) mass is 586 g/mol. The topological polar surface area (TPSA) is 9.86 Å². The third-order valence-electron chi connectivity index (χ3n) is 9.28. The Kier molecular flexibility index (Phi) is 6.21. The van der Waals surface area contributed by atoms with Crippen LogP contribution in [0.4, 0.5) is 0 Å². The second kappa shape index (κ2) is 10.8. The van der Waals surface area contributed by atoms with E-state index in [1.165, 1.54) is 60.7 Å². The average molecular weight is 587 g/mol. The van der Waals surface area contributed by atoms with Gasteiger partial charge in [0.15, 0.2) is 0 Å². The molecule has 1 unspecified atom stereocenters. The highest BCUT2D eigenvalue weighted by Crippen LogP contribution is 2.39. The number of fused-ring (bicyclic) bond motifs is 6. The van der Waals surface area contributed by atoms with Crippen molar-refractivity contribution in [1.82, 2.24) is 9.13 Å². The van der Waals surface area contributed by atoms with Gasteiger partial charge in [0.05, 0.1) is 27.9 Å². The van der Waals surface area contributed by atoms with Gasteiger partial charge in [0.2, 0.25) is 0 Å². The quantitative estimate of drug-likeness (QED) is 0.182. The molecule has 0 N–H and O–H groups in total. The van der Waals surface area contributed by atoms with Crippen molar-refractivity contribution < 1.29 is 0 Å². The number of benzene rings is 5. The van der Waals surface area contributed by atoms with E-state index in [1.807, 2.05) is 0 Å². The molecule has 216 valence electrons. The zero-order valence-corrected chi connectivity index (χ0v) is 25.3. The lowest BCUT2D eigenvalue weighted by molar-refractivity contribution is 0.808. The van der Waals surface area contributed by atoms with E-state index in [0.29, 0.717) is 0 Å². The third kappa shape index (κ3) is 4.21. The first kappa shape index (κ1) is 26.4. The van der Waals surface area contributed by atoms with Crippen LogP contribution in [0, 0.1) is 11.8 Å². The fourth-order valence-electron chi connectivity index (χ4n) is 7.26. The fraction of sp³-hybridized carbons (Fsp3) is 0.0455. The van der Waals surface area contributed by atoms with Crippen molar-refractivity contribution in [1.29, 1.82) is 0 Å². The molecular formula is C44H30N2. The molecule has 7 aromatic rings. The predicted octanol–water partition coefficient (Wildman–Crippen LogP) is 10.7. The Hall–Kier alpha value is -6.04. The van der Waals surface area contributed by atoms with E-state index < -0.39 is 0 Å². The van der Waals surface area contributed by atoms with Crippen LogP contribution in [-0.2, 0) is 6.42 Å². The number of para-hydroxylation sites is 3. The molecule has 5 aromatic carbocycles. The minimum atomic E-state index is -0.185. The van der Waals surface area contributed by atoms with E-state index in [4.69, 9.17) is 0 Å². The smallest absolute Gasteiger partial charge is 0.115 e. The Bertz CT molecular complexity index is 2450. The molecule has 2 heteroatoms. The summed E-state index contributed by atoms with van der Waals surface area (Å²) in [4.78, 5) is 0. The lowest BCUT2D eigenvalue weighted by atomic mass is 9.93. The molecule has 0 fully saturated rings. The highest BCUT2D eigenvalue weighted by molar-refractivity contribution is 6.08. The molecule has 2 aromatic heterocycles. The lowest BCUT2D eigenvalue weighted by Crippen LogP contribution is -2.04. The minimum Gasteiger partial charge on any atom is -0.322 e. The van der Waals surface area contributed by atoms with E-state index in [2.05, 4.69) is 185 Å². The van der Waals surface area contributed by atoms with Crippen molar-refractivity contribution in [3.63, 3.8) is 0 Å². The van der Waals surface area contributed by atoms with Gasteiger partial charge in [-0.25, -0.2) is 0 Å². The number of hydrogen-bond acceptors (Lipinski definition) is 0. The molecule has 0 radical (unpaired) electrons. The zero-order valence-electron chi connectivity index (χ0n) is 25.3. The maximum absolute atomic E-state index is 3.76. The molecule has 2 aliphatic carbocycles. The molecule has 0 bridgehead atoms. The molecule has 2 nitrogen and oxygen atoms in total. The summed E-state index contributed by atoms with van der Waals surface area (Å²) >= 11 is 0. The van der Waals surface area contributed by atoms with Crippen LogP contribution in [-0.4, -0.2) is 9.13 Å². The fourth-order valence-corrected chi connectivity index (χ4v) is 7.26. The number of rotatable bonds is 4. The van der Waals surface area contributed by atoms with Crippen molar-refractivity contribution in [2.24, 2.45) is 0 Å². The third-order valence-corrected chi connectivity index (χ3v) is 9.28. The maximum Gasteiger partial charge on any atom is 0.115 e. The lowest BCUT2D eigenvalue weighted by Gasteiger charge is -2.16. The van der Waals surface area contributed by atoms with Gasteiger partial charge in [0.1, 0.15) is 6.04 Å². The van der Waals surface area contributed by atoms with Gasteiger partial charge in [-0.1, -0.05) is 133 Å². The van der Waals surface area contributed by atoms with Gasteiger partial charge in [-0.15, -0.1) is 0 Å². The van der Waals surface area contributed by atoms with Gasteiger partial charge in [0.25, 0.3) is 0 Å². The number of hydrogen-bond donors (Lipinski definition) is 0. The molecule has 0 saturated heterocycles. The Morgan fingerprint density at radius 1 is 0.587 bits per heavy atom. The summed E-state index contributed by atoms with van der Waals surface area (Å²) < 4.78 is 4.78. The van der Waals surface area contributed by atoms with Crippen LogP contribution in [0.25, 0.3) is 61.2 Å². The summed E-state index contributed by atoms with van der Waals surface area (Å²) in [7, 11) is 0. The molecule has 9 rings (SSSR count). The van der Waals surface area contributed by atoms with Crippen molar-refractivity contribution in [2.45, 2.75) is 12.5 Å². The van der Waals surface area contributed by atoms with Gasteiger partial charge in [-0.3, -0.25) is 0 Å². The highest BCUT2D eigenvalue weighted by atomic mass is 15.0. The second-order valence-electron chi connectivity index (χ2n) is 11.9. The van der Waals surface area contributed by atoms with Crippen LogP contribution in [0.15, 0.2) is 158 Å². The van der Waals surface area contributed by atoms with Gasteiger partial charge >= 0.3 is 0 Å². The second-order valence-corrected chi connectivity index (χ2v) is 11.9. The summed E-state index contributed by atoms with van der Waals surface area (Å²) in [5.41, 5.74) is 11.8. The van der Waals surface area contributed by atoms with Crippen molar-refractivity contribution in [3.05, 3.63) is 175 Å². The molecular weight excluding hydrogens is 556 g/mol. The predicted molar refractivity (Wildman–Crippen MR) is 194 cm³/mol. The molecule has 2 aliphatic rings. The van der Waals surface area contributed by atoms with E-state index in [0.717, 1.165) is 17.7 Å². The summed E-state index contributed by atoms with van der Waals surface area (Å²) in [5, 5.41) is 3.77. The Labute approximate surface area is 268 Å². The first-order valence-electron chi connectivity index (χ1n) is 15.9. The van der Waals surface area contributed by atoms with Gasteiger partial charge in [-0.05, 0) is 76.6 Å². The average Bonchev–Trinajstić information content (AvgIpc) is 3.35. The normalized spacial score (nSPS) is 15.6. The van der Waals surface area contributed by atoms with Crippen molar-refractivity contribution in [2.75, 3.05) is 0 Å².